The zero-order chi connectivity index (χ0) is 13.8. The number of nitrogens with two attached hydrogens (primary N) is 2. The predicted molar refractivity (Wildman–Crippen MR) is 68.5 cm³/mol. The summed E-state index contributed by atoms with van der Waals surface area (Å²) in [6.07, 6.45) is 2.70. The predicted octanol–water partition coefficient (Wildman–Crippen LogP) is -0.196. The molecule has 0 aromatic carbocycles. The second kappa shape index (κ2) is 11.8. The first-order chi connectivity index (χ1) is 7.86. The van der Waals surface area contributed by atoms with Crippen LogP contribution in [0.4, 0.5) is 0 Å². The van der Waals surface area contributed by atoms with Crippen LogP contribution < -0.4 is 11.5 Å². The van der Waals surface area contributed by atoms with Crippen molar-refractivity contribution in [1.29, 1.82) is 0 Å². The van der Waals surface area contributed by atoms with E-state index in [-0.39, 0.29) is 6.23 Å². The molecule has 104 valence electrons. The third kappa shape index (κ3) is 13.2. The average molecular weight is 249 g/mol. The molecular formula is C11H27N3O3. The third-order valence-electron chi connectivity index (χ3n) is 2.25. The molecule has 0 spiro atoms. The summed E-state index contributed by atoms with van der Waals surface area (Å²) in [6.45, 7) is 2.55. The highest BCUT2D eigenvalue weighted by molar-refractivity contribution is 5.72. The van der Waals surface area contributed by atoms with Crippen molar-refractivity contribution in [2.24, 2.45) is 11.5 Å². The number of hydrogen-bond acceptors (Lipinski definition) is 5. The molecule has 6 heteroatoms. The zero-order valence-corrected chi connectivity index (χ0v) is 11.1. The van der Waals surface area contributed by atoms with Gasteiger partial charge >= 0.3 is 5.97 Å². The molecule has 6 nitrogen and oxygen atoms in total. The Kier molecular flexibility index (Phi) is 12.9. The molecule has 0 rings (SSSR count). The molecule has 0 aromatic heterocycles. The molecule has 0 heterocycles. The minimum Gasteiger partial charge on any atom is -0.480 e. The van der Waals surface area contributed by atoms with Gasteiger partial charge in [-0.05, 0) is 39.9 Å². The van der Waals surface area contributed by atoms with Crippen molar-refractivity contribution in [1.82, 2.24) is 4.90 Å². The summed E-state index contributed by atoms with van der Waals surface area (Å²) < 4.78 is 0. The third-order valence-corrected chi connectivity index (χ3v) is 2.25. The molecule has 0 saturated heterocycles. The minimum absolute atomic E-state index is 0.264. The van der Waals surface area contributed by atoms with Crippen LogP contribution in [-0.4, -0.2) is 54.0 Å². The molecule has 0 aromatic rings. The van der Waals surface area contributed by atoms with Crippen molar-refractivity contribution >= 4 is 5.97 Å². The molecule has 6 N–H and O–H groups in total. The van der Waals surface area contributed by atoms with Gasteiger partial charge in [-0.25, -0.2) is 0 Å². The zero-order valence-electron chi connectivity index (χ0n) is 11.1. The highest BCUT2D eigenvalue weighted by atomic mass is 16.4. The molecule has 0 bridgehead atoms. The van der Waals surface area contributed by atoms with Crippen LogP contribution in [0.25, 0.3) is 0 Å². The van der Waals surface area contributed by atoms with E-state index in [1.165, 1.54) is 0 Å². The van der Waals surface area contributed by atoms with Gasteiger partial charge in [0.1, 0.15) is 12.3 Å². The Morgan fingerprint density at radius 1 is 1.35 bits per heavy atom. The SMILES string of the molecule is CCC(O)N(C)C.NCCCC[C@H](N)C(=O)O. The van der Waals surface area contributed by atoms with Gasteiger partial charge in [-0.2, -0.15) is 0 Å². The van der Waals surface area contributed by atoms with Crippen LogP contribution in [-0.2, 0) is 4.79 Å². The van der Waals surface area contributed by atoms with Gasteiger partial charge in [-0.15, -0.1) is 0 Å². The van der Waals surface area contributed by atoms with Crippen molar-refractivity contribution in [3.05, 3.63) is 0 Å². The van der Waals surface area contributed by atoms with Crippen LogP contribution in [0.3, 0.4) is 0 Å². The van der Waals surface area contributed by atoms with Crippen molar-refractivity contribution < 1.29 is 15.0 Å². The van der Waals surface area contributed by atoms with Crippen LogP contribution in [0.5, 0.6) is 0 Å². The highest BCUT2D eigenvalue weighted by Gasteiger charge is 2.09. The van der Waals surface area contributed by atoms with Crippen LogP contribution in [0.1, 0.15) is 32.6 Å². The number of carboxylic acids is 1. The number of rotatable bonds is 7. The van der Waals surface area contributed by atoms with Crippen LogP contribution in [0, 0.1) is 0 Å². The van der Waals surface area contributed by atoms with E-state index in [2.05, 4.69) is 0 Å². The Hall–Kier alpha value is -0.690. The van der Waals surface area contributed by atoms with Crippen molar-refractivity contribution in [3.8, 4) is 0 Å². The summed E-state index contributed by atoms with van der Waals surface area (Å²) in [5, 5.41) is 17.2. The number of aliphatic hydroxyl groups excluding tert-OH is 1. The molecule has 0 aliphatic heterocycles. The number of aliphatic hydroxyl groups is 1. The van der Waals surface area contributed by atoms with Crippen molar-refractivity contribution in [3.63, 3.8) is 0 Å². The van der Waals surface area contributed by atoms with Gasteiger partial charge in [-0.3, -0.25) is 9.69 Å². The molecule has 0 radical (unpaired) electrons. The second-order valence-electron chi connectivity index (χ2n) is 4.08. The average Bonchev–Trinajstić information content (AvgIpc) is 2.28. The first kappa shape index (κ1) is 18.7. The molecule has 0 fully saturated rings. The van der Waals surface area contributed by atoms with E-state index in [1.807, 2.05) is 21.0 Å². The summed E-state index contributed by atoms with van der Waals surface area (Å²) in [5.41, 5.74) is 10.4. The summed E-state index contributed by atoms with van der Waals surface area (Å²) >= 11 is 0. The molecule has 0 aliphatic rings. The summed E-state index contributed by atoms with van der Waals surface area (Å²) in [7, 11) is 3.71. The van der Waals surface area contributed by atoms with Gasteiger partial charge in [0.25, 0.3) is 0 Å². The lowest BCUT2D eigenvalue weighted by molar-refractivity contribution is -0.138. The lowest BCUT2D eigenvalue weighted by Gasteiger charge is -2.15. The van der Waals surface area contributed by atoms with E-state index in [9.17, 15) is 4.79 Å². The van der Waals surface area contributed by atoms with E-state index in [0.717, 1.165) is 19.3 Å². The number of nitrogens with zero attached hydrogens (tertiary/aromatic N) is 1. The first-order valence-electron chi connectivity index (χ1n) is 5.89. The van der Waals surface area contributed by atoms with Crippen molar-refractivity contribution in [2.75, 3.05) is 20.6 Å². The monoisotopic (exact) mass is 249 g/mol. The minimum atomic E-state index is -0.933. The topological polar surface area (TPSA) is 113 Å². The van der Waals surface area contributed by atoms with Gasteiger partial charge in [0.15, 0.2) is 0 Å². The maximum absolute atomic E-state index is 10.1. The highest BCUT2D eigenvalue weighted by Crippen LogP contribution is 1.97. The van der Waals surface area contributed by atoms with Crippen LogP contribution in [0.2, 0.25) is 0 Å². The molecular weight excluding hydrogens is 222 g/mol. The van der Waals surface area contributed by atoms with E-state index >= 15 is 0 Å². The first-order valence-corrected chi connectivity index (χ1v) is 5.89. The Balaban J connectivity index is 0. The molecule has 17 heavy (non-hydrogen) atoms. The Morgan fingerprint density at radius 2 is 1.88 bits per heavy atom. The van der Waals surface area contributed by atoms with Gasteiger partial charge < -0.3 is 21.7 Å². The number of hydrogen-bond donors (Lipinski definition) is 4. The maximum Gasteiger partial charge on any atom is 0.320 e. The Labute approximate surface area is 104 Å². The van der Waals surface area contributed by atoms with Crippen molar-refractivity contribution in [2.45, 2.75) is 44.9 Å². The van der Waals surface area contributed by atoms with Crippen LogP contribution >= 0.6 is 0 Å². The fraction of sp³-hybridized carbons (Fsp3) is 0.909. The largest absolute Gasteiger partial charge is 0.480 e. The van der Waals surface area contributed by atoms with Gasteiger partial charge in [0.05, 0.1) is 0 Å². The van der Waals surface area contributed by atoms with Crippen LogP contribution in [0.15, 0.2) is 0 Å². The smallest absolute Gasteiger partial charge is 0.320 e. The van der Waals surface area contributed by atoms with E-state index in [0.29, 0.717) is 13.0 Å². The summed E-state index contributed by atoms with van der Waals surface area (Å²) in [6, 6.07) is -0.716. The standard InChI is InChI=1S/C6H14N2O2.C5H13NO/c7-4-2-1-3-5(8)6(9)10;1-4-5(7)6(2)3/h5H,1-4,7-8H2,(H,9,10);5,7H,4H2,1-3H3/t5-;/m0./s1. The van der Waals surface area contributed by atoms with Gasteiger partial charge in [-0.1, -0.05) is 13.3 Å². The van der Waals surface area contributed by atoms with E-state index < -0.39 is 12.0 Å². The Morgan fingerprint density at radius 3 is 2.12 bits per heavy atom. The molecule has 1 unspecified atom stereocenters. The van der Waals surface area contributed by atoms with E-state index in [4.69, 9.17) is 21.7 Å². The number of carboxylic acid groups (broad SMARTS) is 1. The van der Waals surface area contributed by atoms with Gasteiger partial charge in [0, 0.05) is 0 Å². The number of carbonyl (C=O) groups is 1. The molecule has 0 amide bonds. The summed E-state index contributed by atoms with van der Waals surface area (Å²) in [4.78, 5) is 11.9. The molecule has 2 atom stereocenters. The van der Waals surface area contributed by atoms with E-state index in [1.54, 1.807) is 4.90 Å². The normalized spacial score (nSPS) is 13.8. The molecule has 0 saturated carbocycles. The fourth-order valence-electron chi connectivity index (χ4n) is 0.997. The lowest BCUT2D eigenvalue weighted by atomic mass is 10.1. The number of unbranched alkanes of at least 4 members (excludes halogenated alkanes) is 1. The maximum atomic E-state index is 10.1. The lowest BCUT2D eigenvalue weighted by Crippen LogP contribution is -2.29. The fourth-order valence-corrected chi connectivity index (χ4v) is 0.997. The van der Waals surface area contributed by atoms with Gasteiger partial charge in [0.2, 0.25) is 0 Å². The Bertz CT molecular complexity index is 189. The quantitative estimate of drug-likeness (QED) is 0.367. The number of aliphatic carboxylic acids is 1. The molecule has 0 aliphatic carbocycles. The summed E-state index contributed by atoms with van der Waals surface area (Å²) in [5.74, 6) is -0.933. The second-order valence-corrected chi connectivity index (χ2v) is 4.08.